The van der Waals surface area contributed by atoms with Gasteiger partial charge in [-0.2, -0.15) is 0 Å². The Labute approximate surface area is 338 Å². The molecule has 11 heteroatoms. The molecule has 0 radical (unpaired) electrons. The van der Waals surface area contributed by atoms with Gasteiger partial charge in [-0.25, -0.2) is 8.42 Å². The Morgan fingerprint density at radius 2 is 0.941 bits per heavy atom. The van der Waals surface area contributed by atoms with E-state index in [1.54, 1.807) is 0 Å². The molecule has 0 N–H and O–H groups in total. The quantitative estimate of drug-likeness (QED) is 0.0295. The Morgan fingerprint density at radius 1 is 0.549 bits per heavy atom. The van der Waals surface area contributed by atoms with Crippen LogP contribution in [-0.2, 0) is 38.7 Å². The molecule has 0 aromatic heterocycles. The van der Waals surface area contributed by atoms with Gasteiger partial charge in [0, 0.05) is 26.4 Å². The van der Waals surface area contributed by atoms with Crippen LogP contribution in [0.5, 0.6) is 0 Å². The van der Waals surface area contributed by atoms with Crippen LogP contribution in [0.25, 0.3) is 0 Å². The summed E-state index contributed by atoms with van der Waals surface area (Å²) in [6.45, 7) is 20.4. The smallest absolute Gasteiger partial charge is 0.747 e. The number of esters is 2. The first kappa shape index (κ1) is 57.5. The number of carbonyl (C=O) groups excluding carboxylic acids is 2. The van der Waals surface area contributed by atoms with Gasteiger partial charge in [0.25, 0.3) is 0 Å². The van der Waals surface area contributed by atoms with Gasteiger partial charge in [0.05, 0.1) is 19.6 Å². The van der Waals surface area contributed by atoms with Crippen LogP contribution in [0.1, 0.15) is 190 Å². The Morgan fingerprint density at radius 3 is 1.29 bits per heavy atom. The third kappa shape index (κ3) is 42.4. The van der Waals surface area contributed by atoms with E-state index in [1.165, 1.54) is 77.0 Å². The van der Waals surface area contributed by atoms with E-state index in [-0.39, 0.29) is 54.6 Å². The summed E-state index contributed by atoms with van der Waals surface area (Å²) in [5.74, 6) is -1.74. The zero-order valence-electron chi connectivity index (χ0n) is 34.9. The van der Waals surface area contributed by atoms with Crippen LogP contribution >= 0.6 is 0 Å². The molecule has 0 heterocycles. The Balaban J connectivity index is -0.000000407. The van der Waals surface area contributed by atoms with Crippen molar-refractivity contribution in [2.24, 2.45) is 11.8 Å². The zero-order valence-corrected chi connectivity index (χ0v) is 37.7. The molecule has 0 aromatic carbocycles. The summed E-state index contributed by atoms with van der Waals surface area (Å²) in [7, 11) is -5.01. The van der Waals surface area contributed by atoms with E-state index in [1.807, 2.05) is 27.7 Å². The zero-order chi connectivity index (χ0) is 38.3. The van der Waals surface area contributed by atoms with Crippen molar-refractivity contribution in [1.82, 2.24) is 0 Å². The molecule has 0 rings (SSSR count). The topological polar surface area (TPSA) is 128 Å². The van der Waals surface area contributed by atoms with Crippen LogP contribution in [0, 0.1) is 11.8 Å². The Hall–Kier alpha value is -0.230. The number of rotatable bonds is 32. The summed E-state index contributed by atoms with van der Waals surface area (Å²) < 4.78 is 55.1. The molecule has 3 atom stereocenters. The van der Waals surface area contributed by atoms with Crippen LogP contribution < -0.4 is 29.6 Å². The third-order valence-corrected chi connectivity index (χ3v) is 9.74. The fraction of sp³-hybridized carbons (Fsp3) is 0.950. The molecular formula is C40H81NaO9S. The first-order valence-electron chi connectivity index (χ1n) is 20.4. The largest absolute Gasteiger partial charge is 1.00 e. The van der Waals surface area contributed by atoms with Crippen molar-refractivity contribution in [3.8, 4) is 0 Å². The standard InChI is InChI=1S/C20H38O7S.C16H34O.C4H10O.Na/c1-5-9-11-16(7-3)14-26-19(21)13-18(28(23,24)25)20(22)27-15-17(8-4)12-10-6-2;1-3-5-7-9-11-13-15-17-16-14-12-10-8-6-4-2;1-3-5-4-2;/h16-18H,5-15H2,1-4H3,(H,23,24,25);3-16H2,1-2H3;3-4H2,1-2H3;/q;;;+1/p-1. The summed E-state index contributed by atoms with van der Waals surface area (Å²) in [5.41, 5.74) is 0. The van der Waals surface area contributed by atoms with E-state index < -0.39 is 33.7 Å². The predicted octanol–water partition coefficient (Wildman–Crippen LogP) is 7.58. The van der Waals surface area contributed by atoms with Crippen LogP contribution in [0.3, 0.4) is 0 Å². The van der Waals surface area contributed by atoms with Crippen molar-refractivity contribution in [3.63, 3.8) is 0 Å². The summed E-state index contributed by atoms with van der Waals surface area (Å²) in [6.07, 6.45) is 22.9. The molecule has 0 bridgehead atoms. The van der Waals surface area contributed by atoms with E-state index in [4.69, 9.17) is 18.9 Å². The number of hydrogen-bond acceptors (Lipinski definition) is 9. The molecule has 0 saturated carbocycles. The van der Waals surface area contributed by atoms with Gasteiger partial charge in [-0.15, -0.1) is 0 Å². The van der Waals surface area contributed by atoms with Crippen molar-refractivity contribution >= 4 is 22.1 Å². The number of hydrogen-bond donors (Lipinski definition) is 0. The molecule has 0 amide bonds. The average molecular weight is 761 g/mol. The second kappa shape index (κ2) is 44.2. The van der Waals surface area contributed by atoms with Crippen molar-refractivity contribution < 1.29 is 71.1 Å². The normalized spacial score (nSPS) is 12.6. The molecule has 9 nitrogen and oxygen atoms in total. The first-order chi connectivity index (χ1) is 24.0. The predicted molar refractivity (Wildman–Crippen MR) is 206 cm³/mol. The van der Waals surface area contributed by atoms with Gasteiger partial charge in [-0.05, 0) is 51.4 Å². The summed E-state index contributed by atoms with van der Waals surface area (Å²) in [4.78, 5) is 24.1. The molecule has 0 spiro atoms. The van der Waals surface area contributed by atoms with Crippen LogP contribution in [0.15, 0.2) is 0 Å². The minimum atomic E-state index is -5.01. The second-order valence-corrected chi connectivity index (χ2v) is 14.8. The van der Waals surface area contributed by atoms with Crippen molar-refractivity contribution in [2.75, 3.05) is 39.6 Å². The molecule has 0 aliphatic heterocycles. The maximum atomic E-state index is 12.1. The van der Waals surface area contributed by atoms with Gasteiger partial charge in [0.1, 0.15) is 10.1 Å². The van der Waals surface area contributed by atoms with E-state index >= 15 is 0 Å². The van der Waals surface area contributed by atoms with Gasteiger partial charge in [0.15, 0.2) is 5.25 Å². The van der Waals surface area contributed by atoms with Crippen LogP contribution in [0.4, 0.5) is 0 Å². The molecule has 3 unspecified atom stereocenters. The molecule has 0 aliphatic carbocycles. The van der Waals surface area contributed by atoms with Crippen molar-refractivity contribution in [2.45, 2.75) is 195 Å². The minimum Gasteiger partial charge on any atom is -0.747 e. The fourth-order valence-corrected chi connectivity index (χ4v) is 5.73. The SMILES string of the molecule is CCCCC(CC)COC(=O)CC(C(=O)OCC(CC)CCCC)S(=O)(=O)[O-].CCCCCCCCOCCCCCCCC.CCOCC.[Na+]. The molecule has 0 aromatic rings. The Kier molecular flexibility index (Phi) is 49.8. The number of unbranched alkanes of at least 4 members (excludes halogenated alkanes) is 12. The monoisotopic (exact) mass is 761 g/mol. The summed E-state index contributed by atoms with van der Waals surface area (Å²) in [5, 5.41) is -2.06. The second-order valence-electron chi connectivity index (χ2n) is 13.3. The number of ether oxygens (including phenoxy) is 4. The van der Waals surface area contributed by atoms with Crippen LogP contribution in [0.2, 0.25) is 0 Å². The van der Waals surface area contributed by atoms with Gasteiger partial charge in [0.2, 0.25) is 0 Å². The van der Waals surface area contributed by atoms with Crippen LogP contribution in [-0.4, -0.2) is 69.8 Å². The number of carbonyl (C=O) groups is 2. The average Bonchev–Trinajstić information content (AvgIpc) is 3.09. The first-order valence-corrected chi connectivity index (χ1v) is 21.9. The third-order valence-electron chi connectivity index (χ3n) is 8.68. The minimum absolute atomic E-state index is 0. The van der Waals surface area contributed by atoms with E-state index in [9.17, 15) is 22.6 Å². The van der Waals surface area contributed by atoms with Gasteiger partial charge in [-0.3, -0.25) is 9.59 Å². The van der Waals surface area contributed by atoms with Gasteiger partial charge >= 0.3 is 41.5 Å². The molecule has 0 aliphatic rings. The van der Waals surface area contributed by atoms with Gasteiger partial charge < -0.3 is 23.5 Å². The summed E-state index contributed by atoms with van der Waals surface area (Å²) in [6, 6.07) is 0. The molecule has 0 saturated heterocycles. The van der Waals surface area contributed by atoms with E-state index in [0.29, 0.717) is 0 Å². The molecule has 302 valence electrons. The maximum absolute atomic E-state index is 12.1. The van der Waals surface area contributed by atoms with Gasteiger partial charge in [-0.1, -0.05) is 144 Å². The van der Waals surface area contributed by atoms with E-state index in [0.717, 1.165) is 77.8 Å². The molecular weight excluding hydrogens is 679 g/mol. The molecule has 51 heavy (non-hydrogen) atoms. The Bertz CT molecular complexity index is 811. The van der Waals surface area contributed by atoms with E-state index in [2.05, 4.69) is 27.7 Å². The van der Waals surface area contributed by atoms with Crippen molar-refractivity contribution in [3.05, 3.63) is 0 Å². The fourth-order valence-electron chi connectivity index (χ4n) is 5.09. The summed E-state index contributed by atoms with van der Waals surface area (Å²) >= 11 is 0. The maximum Gasteiger partial charge on any atom is 1.00 e. The molecule has 0 fully saturated rings. The van der Waals surface area contributed by atoms with Crippen molar-refractivity contribution in [1.29, 1.82) is 0 Å².